The van der Waals surface area contributed by atoms with Crippen molar-refractivity contribution in [2.75, 3.05) is 4.90 Å². The Hall–Kier alpha value is -2.33. The van der Waals surface area contributed by atoms with Crippen molar-refractivity contribution in [1.29, 1.82) is 0 Å². The molecule has 100 valence electrons. The van der Waals surface area contributed by atoms with Crippen LogP contribution in [0.3, 0.4) is 0 Å². The van der Waals surface area contributed by atoms with Gasteiger partial charge in [-0.15, -0.1) is 0 Å². The number of phenols is 1. The lowest BCUT2D eigenvalue weighted by Gasteiger charge is -2.26. The molecule has 4 nitrogen and oxygen atoms in total. The number of imide groups is 1. The Kier molecular flexibility index (Phi) is 2.95. The number of hydrogen-bond donors (Lipinski definition) is 1. The summed E-state index contributed by atoms with van der Waals surface area (Å²) in [6, 6.07) is 11.3. The molecule has 0 unspecified atom stereocenters. The topological polar surface area (TPSA) is 57.6 Å². The predicted octanol–water partition coefficient (Wildman–Crippen LogP) is 2.78. The van der Waals surface area contributed by atoms with Crippen LogP contribution in [-0.4, -0.2) is 16.9 Å². The molecule has 0 atom stereocenters. The number of phenolic OH excluding ortho intramolecular Hbond substituents is 1. The first-order valence-corrected chi connectivity index (χ1v) is 6.39. The van der Waals surface area contributed by atoms with Gasteiger partial charge in [-0.3, -0.25) is 9.59 Å². The maximum atomic E-state index is 12.4. The third-order valence-electron chi connectivity index (χ3n) is 3.23. The third-order valence-corrected chi connectivity index (χ3v) is 3.55. The summed E-state index contributed by atoms with van der Waals surface area (Å²) in [4.78, 5) is 25.6. The summed E-state index contributed by atoms with van der Waals surface area (Å²) in [5.74, 6) is -0.877. The summed E-state index contributed by atoms with van der Waals surface area (Å²) in [5.41, 5.74) is 1.54. The maximum Gasteiger partial charge on any atom is 0.265 e. The first kappa shape index (κ1) is 12.7. The van der Waals surface area contributed by atoms with E-state index >= 15 is 0 Å². The van der Waals surface area contributed by atoms with Gasteiger partial charge in [-0.25, -0.2) is 4.90 Å². The lowest BCUT2D eigenvalue weighted by molar-refractivity contribution is -0.117. The van der Waals surface area contributed by atoms with Gasteiger partial charge < -0.3 is 5.11 Å². The second-order valence-corrected chi connectivity index (χ2v) is 4.91. The molecule has 2 aromatic carbocycles. The van der Waals surface area contributed by atoms with Gasteiger partial charge in [-0.05, 0) is 23.8 Å². The molecular formula is C15H10ClNO3. The molecule has 1 aliphatic heterocycles. The molecule has 0 spiro atoms. The van der Waals surface area contributed by atoms with E-state index in [4.69, 9.17) is 11.6 Å². The molecule has 0 radical (unpaired) electrons. The summed E-state index contributed by atoms with van der Waals surface area (Å²) >= 11 is 5.74. The Labute approximate surface area is 120 Å². The fourth-order valence-electron chi connectivity index (χ4n) is 2.26. The molecule has 2 amide bonds. The number of benzene rings is 2. The van der Waals surface area contributed by atoms with Crippen LogP contribution >= 0.6 is 11.6 Å². The molecule has 2 aromatic rings. The summed E-state index contributed by atoms with van der Waals surface area (Å²) in [6.45, 7) is 0. The van der Waals surface area contributed by atoms with Crippen molar-refractivity contribution in [2.24, 2.45) is 0 Å². The zero-order valence-electron chi connectivity index (χ0n) is 10.3. The lowest BCUT2D eigenvalue weighted by Crippen LogP contribution is -2.42. The molecule has 1 N–H and O–H groups in total. The molecule has 0 aliphatic carbocycles. The predicted molar refractivity (Wildman–Crippen MR) is 75.1 cm³/mol. The van der Waals surface area contributed by atoms with Gasteiger partial charge in [0.2, 0.25) is 5.91 Å². The minimum Gasteiger partial charge on any atom is -0.506 e. The fraction of sp³-hybridized carbons (Fsp3) is 0.0667. The van der Waals surface area contributed by atoms with Crippen LogP contribution in [0.1, 0.15) is 15.9 Å². The van der Waals surface area contributed by atoms with Crippen LogP contribution in [0.15, 0.2) is 42.5 Å². The normalized spacial score (nSPS) is 14.3. The van der Waals surface area contributed by atoms with Gasteiger partial charge in [0.05, 0.1) is 17.1 Å². The van der Waals surface area contributed by atoms with E-state index in [-0.39, 0.29) is 23.1 Å². The SMILES string of the molecule is O=C1Cc2ccccc2C(=O)N1c1ccc(Cl)c(O)c1. The Bertz CT molecular complexity index is 727. The number of anilines is 1. The number of hydrogen-bond acceptors (Lipinski definition) is 3. The van der Waals surface area contributed by atoms with Crippen LogP contribution in [0.2, 0.25) is 5.02 Å². The number of fused-ring (bicyclic) bond motifs is 1. The van der Waals surface area contributed by atoms with Gasteiger partial charge in [0.25, 0.3) is 5.91 Å². The van der Waals surface area contributed by atoms with Crippen LogP contribution in [0, 0.1) is 0 Å². The van der Waals surface area contributed by atoms with Gasteiger partial charge in [-0.1, -0.05) is 29.8 Å². The number of nitrogens with zero attached hydrogens (tertiary/aromatic N) is 1. The van der Waals surface area contributed by atoms with Crippen molar-refractivity contribution in [3.05, 3.63) is 58.6 Å². The van der Waals surface area contributed by atoms with Crippen molar-refractivity contribution < 1.29 is 14.7 Å². The number of halogens is 1. The number of carbonyl (C=O) groups excluding carboxylic acids is 2. The van der Waals surface area contributed by atoms with Crippen LogP contribution in [0.4, 0.5) is 5.69 Å². The average molecular weight is 288 g/mol. The Morgan fingerprint density at radius 2 is 1.85 bits per heavy atom. The first-order valence-electron chi connectivity index (χ1n) is 6.01. The van der Waals surface area contributed by atoms with Crippen molar-refractivity contribution >= 4 is 29.1 Å². The second-order valence-electron chi connectivity index (χ2n) is 4.50. The fourth-order valence-corrected chi connectivity index (χ4v) is 2.38. The number of amides is 2. The standard InChI is InChI=1S/C15H10ClNO3/c16-12-6-5-10(8-13(12)18)17-14(19)7-9-3-1-2-4-11(9)15(17)20/h1-6,8,18H,7H2. The molecule has 0 aromatic heterocycles. The zero-order chi connectivity index (χ0) is 14.3. The smallest absolute Gasteiger partial charge is 0.265 e. The minimum atomic E-state index is -0.390. The van der Waals surface area contributed by atoms with Crippen molar-refractivity contribution in [2.45, 2.75) is 6.42 Å². The molecule has 1 heterocycles. The van der Waals surface area contributed by atoms with E-state index in [0.29, 0.717) is 11.3 Å². The monoisotopic (exact) mass is 287 g/mol. The van der Waals surface area contributed by atoms with E-state index in [9.17, 15) is 14.7 Å². The number of rotatable bonds is 1. The van der Waals surface area contributed by atoms with Gasteiger partial charge in [0.15, 0.2) is 0 Å². The summed E-state index contributed by atoms with van der Waals surface area (Å²) < 4.78 is 0. The van der Waals surface area contributed by atoms with Crippen molar-refractivity contribution in [3.8, 4) is 5.75 Å². The quantitative estimate of drug-likeness (QED) is 0.821. The first-order chi connectivity index (χ1) is 9.58. The molecule has 0 saturated heterocycles. The highest BCUT2D eigenvalue weighted by molar-refractivity contribution is 6.32. The molecule has 0 bridgehead atoms. The van der Waals surface area contributed by atoms with Crippen LogP contribution < -0.4 is 4.90 Å². The Morgan fingerprint density at radius 3 is 2.60 bits per heavy atom. The summed E-state index contributed by atoms with van der Waals surface area (Å²) in [6.07, 6.45) is 0.158. The molecule has 20 heavy (non-hydrogen) atoms. The van der Waals surface area contributed by atoms with E-state index in [1.54, 1.807) is 24.3 Å². The van der Waals surface area contributed by atoms with E-state index in [1.165, 1.54) is 18.2 Å². The van der Waals surface area contributed by atoms with Crippen molar-refractivity contribution in [3.63, 3.8) is 0 Å². The number of aromatic hydroxyl groups is 1. The van der Waals surface area contributed by atoms with Crippen molar-refractivity contribution in [1.82, 2.24) is 0 Å². The molecular weight excluding hydrogens is 278 g/mol. The molecule has 0 fully saturated rings. The number of carbonyl (C=O) groups is 2. The van der Waals surface area contributed by atoms with Gasteiger partial charge in [-0.2, -0.15) is 0 Å². The third kappa shape index (κ3) is 1.94. The van der Waals surface area contributed by atoms with E-state index in [2.05, 4.69) is 0 Å². The highest BCUT2D eigenvalue weighted by Crippen LogP contribution is 2.31. The van der Waals surface area contributed by atoms with Gasteiger partial charge in [0.1, 0.15) is 5.75 Å². The highest BCUT2D eigenvalue weighted by atomic mass is 35.5. The molecule has 0 saturated carbocycles. The molecule has 1 aliphatic rings. The minimum absolute atomic E-state index is 0.158. The Morgan fingerprint density at radius 1 is 1.10 bits per heavy atom. The molecule has 5 heteroatoms. The van der Waals surface area contributed by atoms with E-state index in [1.807, 2.05) is 0 Å². The van der Waals surface area contributed by atoms with Gasteiger partial charge in [0, 0.05) is 11.6 Å². The largest absolute Gasteiger partial charge is 0.506 e. The average Bonchev–Trinajstić information content (AvgIpc) is 2.43. The van der Waals surface area contributed by atoms with Gasteiger partial charge >= 0.3 is 0 Å². The summed E-state index contributed by atoms with van der Waals surface area (Å²) in [7, 11) is 0. The Balaban J connectivity index is 2.08. The maximum absolute atomic E-state index is 12.4. The van der Waals surface area contributed by atoms with E-state index in [0.717, 1.165) is 10.5 Å². The van der Waals surface area contributed by atoms with E-state index < -0.39 is 5.91 Å². The lowest BCUT2D eigenvalue weighted by atomic mass is 9.98. The zero-order valence-corrected chi connectivity index (χ0v) is 11.1. The van der Waals surface area contributed by atoms with Crippen LogP contribution in [0.5, 0.6) is 5.75 Å². The second kappa shape index (κ2) is 4.65. The summed E-state index contributed by atoms with van der Waals surface area (Å²) in [5, 5.41) is 9.79. The van der Waals surface area contributed by atoms with Crippen LogP contribution in [0.25, 0.3) is 0 Å². The molecule has 3 rings (SSSR count). The van der Waals surface area contributed by atoms with Crippen LogP contribution in [-0.2, 0) is 11.2 Å². The highest BCUT2D eigenvalue weighted by Gasteiger charge is 2.32.